The number of quaternary nitrogens is 1. The molecule has 0 aromatic rings. The van der Waals surface area contributed by atoms with E-state index in [1.165, 1.54) is 128 Å². The summed E-state index contributed by atoms with van der Waals surface area (Å²) in [4.78, 5) is 37.0. The highest BCUT2D eigenvalue weighted by molar-refractivity contribution is 5.72. The Morgan fingerprint density at radius 1 is 0.517 bits per heavy atom. The number of likely N-dealkylation sites (N-methyl/N-ethyl adjacent to an activating group) is 1. The van der Waals surface area contributed by atoms with Gasteiger partial charge in [-0.25, -0.2) is 4.79 Å². The molecule has 0 aromatic heterocycles. The van der Waals surface area contributed by atoms with E-state index in [0.29, 0.717) is 19.3 Å². The first-order chi connectivity index (χ1) is 28.1. The molecule has 0 aromatic carbocycles. The maximum atomic E-state index is 12.7. The van der Waals surface area contributed by atoms with Gasteiger partial charge in [-0.15, -0.1) is 0 Å². The summed E-state index contributed by atoms with van der Waals surface area (Å²) in [6, 6.07) is -0.613. The molecular formula is C50H92NO7+. The second-order valence-electron chi connectivity index (χ2n) is 17.4. The van der Waals surface area contributed by atoms with Gasteiger partial charge in [0.2, 0.25) is 0 Å². The highest BCUT2D eigenvalue weighted by Gasteiger charge is 2.31. The summed E-state index contributed by atoms with van der Waals surface area (Å²) in [5.74, 6) is -1.46. The zero-order chi connectivity index (χ0) is 42.8. The minimum absolute atomic E-state index is 0.0509. The predicted molar refractivity (Wildman–Crippen MR) is 243 cm³/mol. The number of ether oxygens (including phenoxy) is 3. The number of carboxylic acid groups (broad SMARTS) is 1. The third-order valence-corrected chi connectivity index (χ3v) is 10.8. The third-order valence-electron chi connectivity index (χ3n) is 10.8. The lowest BCUT2D eigenvalue weighted by Crippen LogP contribution is -2.50. The Balaban J connectivity index is 4.22. The average molecular weight is 819 g/mol. The van der Waals surface area contributed by atoms with Gasteiger partial charge in [0.25, 0.3) is 0 Å². The number of hydrogen-bond donors (Lipinski definition) is 1. The summed E-state index contributed by atoms with van der Waals surface area (Å²) in [6.07, 6.45) is 47.5. The summed E-state index contributed by atoms with van der Waals surface area (Å²) in [5.41, 5.74) is 0. The number of esters is 2. The molecule has 8 heteroatoms. The maximum Gasteiger partial charge on any atom is 0.362 e. The van der Waals surface area contributed by atoms with Gasteiger partial charge >= 0.3 is 17.9 Å². The van der Waals surface area contributed by atoms with Crippen molar-refractivity contribution in [1.29, 1.82) is 0 Å². The van der Waals surface area contributed by atoms with E-state index in [9.17, 15) is 19.5 Å². The highest BCUT2D eigenvalue weighted by Crippen LogP contribution is 2.15. The molecule has 0 fully saturated rings. The summed E-state index contributed by atoms with van der Waals surface area (Å²) >= 11 is 0. The van der Waals surface area contributed by atoms with E-state index in [1.807, 2.05) is 21.1 Å². The Morgan fingerprint density at radius 3 is 1.38 bits per heavy atom. The number of allylic oxidation sites excluding steroid dienone is 6. The van der Waals surface area contributed by atoms with Crippen LogP contribution in [0.3, 0.4) is 0 Å². The largest absolute Gasteiger partial charge is 0.477 e. The van der Waals surface area contributed by atoms with Crippen LogP contribution in [0.15, 0.2) is 36.5 Å². The molecule has 0 aliphatic rings. The Bertz CT molecular complexity index is 1050. The van der Waals surface area contributed by atoms with E-state index in [-0.39, 0.29) is 36.2 Å². The van der Waals surface area contributed by atoms with E-state index < -0.39 is 18.1 Å². The molecular weight excluding hydrogens is 727 g/mol. The number of hydrogen-bond acceptors (Lipinski definition) is 6. The molecule has 0 radical (unpaired) electrons. The Labute approximate surface area is 357 Å². The molecule has 0 heterocycles. The zero-order valence-electron chi connectivity index (χ0n) is 38.5. The average Bonchev–Trinajstić information content (AvgIpc) is 3.18. The van der Waals surface area contributed by atoms with E-state index in [2.05, 4.69) is 50.3 Å². The van der Waals surface area contributed by atoms with Gasteiger partial charge in [-0.3, -0.25) is 9.59 Å². The van der Waals surface area contributed by atoms with Crippen LogP contribution in [0.4, 0.5) is 0 Å². The van der Waals surface area contributed by atoms with Crippen molar-refractivity contribution < 1.29 is 38.2 Å². The molecule has 2 atom stereocenters. The zero-order valence-corrected chi connectivity index (χ0v) is 38.5. The lowest BCUT2D eigenvalue weighted by molar-refractivity contribution is -0.887. The first-order valence-corrected chi connectivity index (χ1v) is 24.0. The molecule has 0 aliphatic heterocycles. The lowest BCUT2D eigenvalue weighted by Gasteiger charge is -2.31. The van der Waals surface area contributed by atoms with Crippen molar-refractivity contribution in [3.8, 4) is 0 Å². The number of carbonyl (C=O) groups excluding carboxylic acids is 2. The molecule has 0 bridgehead atoms. The van der Waals surface area contributed by atoms with Crippen LogP contribution < -0.4 is 0 Å². The highest BCUT2D eigenvalue weighted by atomic mass is 16.6. The van der Waals surface area contributed by atoms with Crippen LogP contribution >= 0.6 is 0 Å². The number of rotatable bonds is 43. The molecule has 58 heavy (non-hydrogen) atoms. The summed E-state index contributed by atoms with van der Waals surface area (Å²) in [5, 5.41) is 9.63. The second kappa shape index (κ2) is 41.3. The van der Waals surface area contributed by atoms with Gasteiger partial charge in [0.05, 0.1) is 34.4 Å². The Kier molecular flexibility index (Phi) is 39.5. The second-order valence-corrected chi connectivity index (χ2v) is 17.4. The van der Waals surface area contributed by atoms with Gasteiger partial charge in [-0.2, -0.15) is 0 Å². The van der Waals surface area contributed by atoms with Crippen molar-refractivity contribution >= 4 is 17.9 Å². The van der Waals surface area contributed by atoms with Gasteiger partial charge in [-0.1, -0.05) is 179 Å². The standard InChI is InChI=1S/C50H91NO7/c1-6-8-10-12-14-16-18-20-21-22-23-24-25-26-27-28-29-31-32-34-36-38-40-48(52)57-45-46(44-56-43-42-47(50(54)55)51(3,4)5)58-49(53)41-39-37-35-33-30-19-17-15-13-11-9-7-2/h14,16,20-21,23-24,46-47H,6-13,15,17-19,22,25-45H2,1-5H3/p+1/b16-14+,21-20+,24-23+. The van der Waals surface area contributed by atoms with E-state index in [1.54, 1.807) is 0 Å². The van der Waals surface area contributed by atoms with Crippen LogP contribution in [0.1, 0.15) is 213 Å². The van der Waals surface area contributed by atoms with Gasteiger partial charge in [0, 0.05) is 19.3 Å². The first-order valence-electron chi connectivity index (χ1n) is 24.0. The van der Waals surface area contributed by atoms with Crippen molar-refractivity contribution in [1.82, 2.24) is 0 Å². The summed E-state index contributed by atoms with van der Waals surface area (Å²) in [6.45, 7) is 4.72. The maximum absolute atomic E-state index is 12.7. The van der Waals surface area contributed by atoms with Crippen molar-refractivity contribution in [2.45, 2.75) is 225 Å². The molecule has 338 valence electrons. The first kappa shape index (κ1) is 55.5. The van der Waals surface area contributed by atoms with Crippen LogP contribution in [-0.4, -0.2) is 80.6 Å². The molecule has 0 spiro atoms. The van der Waals surface area contributed by atoms with E-state index >= 15 is 0 Å². The van der Waals surface area contributed by atoms with Gasteiger partial charge in [0.15, 0.2) is 12.1 Å². The van der Waals surface area contributed by atoms with Crippen LogP contribution in [0.5, 0.6) is 0 Å². The van der Waals surface area contributed by atoms with E-state index in [4.69, 9.17) is 14.2 Å². The smallest absolute Gasteiger partial charge is 0.362 e. The van der Waals surface area contributed by atoms with Crippen LogP contribution in [0, 0.1) is 0 Å². The van der Waals surface area contributed by atoms with Gasteiger partial charge in [-0.05, 0) is 51.4 Å². The number of unbranched alkanes of at least 4 members (excludes halogenated alkanes) is 23. The van der Waals surface area contributed by atoms with Crippen molar-refractivity contribution in [2.24, 2.45) is 0 Å². The van der Waals surface area contributed by atoms with E-state index in [0.717, 1.165) is 51.4 Å². The predicted octanol–water partition coefficient (Wildman–Crippen LogP) is 13.4. The van der Waals surface area contributed by atoms with Crippen molar-refractivity contribution in [3.05, 3.63) is 36.5 Å². The minimum atomic E-state index is -0.874. The summed E-state index contributed by atoms with van der Waals surface area (Å²) < 4.78 is 17.3. The molecule has 2 unspecified atom stereocenters. The number of aliphatic carboxylic acids is 1. The molecule has 0 rings (SSSR count). The lowest BCUT2D eigenvalue weighted by atomic mass is 10.0. The third kappa shape index (κ3) is 39.0. The van der Waals surface area contributed by atoms with Crippen molar-refractivity contribution in [3.63, 3.8) is 0 Å². The molecule has 0 aliphatic carbocycles. The quantitative estimate of drug-likeness (QED) is 0.0283. The monoisotopic (exact) mass is 819 g/mol. The Morgan fingerprint density at radius 2 is 0.914 bits per heavy atom. The minimum Gasteiger partial charge on any atom is -0.477 e. The van der Waals surface area contributed by atoms with Gasteiger partial charge < -0.3 is 23.8 Å². The van der Waals surface area contributed by atoms with Crippen molar-refractivity contribution in [2.75, 3.05) is 41.0 Å². The van der Waals surface area contributed by atoms with Crippen LogP contribution in [-0.2, 0) is 28.6 Å². The molecule has 0 saturated carbocycles. The number of carbonyl (C=O) groups is 3. The Hall–Kier alpha value is -2.45. The van der Waals surface area contributed by atoms with Crippen LogP contribution in [0.2, 0.25) is 0 Å². The summed E-state index contributed by atoms with van der Waals surface area (Å²) in [7, 11) is 5.53. The van der Waals surface area contributed by atoms with Crippen LogP contribution in [0.25, 0.3) is 0 Å². The topological polar surface area (TPSA) is 99.1 Å². The fourth-order valence-corrected chi connectivity index (χ4v) is 7.04. The SMILES string of the molecule is CCCCC/C=C/C/C=C/C/C=C/CCCCCCCCCCCC(=O)OCC(COCCC(C(=O)O)[N+](C)(C)C)OC(=O)CCCCCCCCCCCCCC. The fourth-order valence-electron chi connectivity index (χ4n) is 7.04. The number of carboxylic acids is 1. The normalized spacial score (nSPS) is 13.2. The molecule has 1 N–H and O–H groups in total. The molecule has 8 nitrogen and oxygen atoms in total. The van der Waals surface area contributed by atoms with Gasteiger partial charge in [0.1, 0.15) is 6.61 Å². The molecule has 0 amide bonds. The molecule has 0 saturated heterocycles. The number of nitrogens with zero attached hydrogens (tertiary/aromatic N) is 1. The fraction of sp³-hybridized carbons (Fsp3) is 0.820.